The summed E-state index contributed by atoms with van der Waals surface area (Å²) in [6.07, 6.45) is 3.87. The molecule has 0 amide bonds. The Morgan fingerprint density at radius 2 is 2.10 bits per heavy atom. The number of anilines is 1. The topological polar surface area (TPSA) is 52.7 Å². The number of hydrogen-bond acceptors (Lipinski definition) is 5. The van der Waals surface area contributed by atoms with E-state index < -0.39 is 5.60 Å². The average Bonchev–Trinajstić information content (AvgIpc) is 3.02. The average molecular weight is 287 g/mol. The van der Waals surface area contributed by atoms with Crippen molar-refractivity contribution in [3.8, 4) is 0 Å². The van der Waals surface area contributed by atoms with E-state index in [9.17, 15) is 5.11 Å². The summed E-state index contributed by atoms with van der Waals surface area (Å²) in [6.45, 7) is 1.40. The number of benzene rings is 1. The summed E-state index contributed by atoms with van der Waals surface area (Å²) >= 11 is 0. The van der Waals surface area contributed by atoms with Gasteiger partial charge in [0.25, 0.3) is 6.01 Å². The van der Waals surface area contributed by atoms with E-state index in [0.717, 1.165) is 12.1 Å². The number of aliphatic hydroxyl groups is 1. The van der Waals surface area contributed by atoms with E-state index in [0.29, 0.717) is 19.0 Å². The van der Waals surface area contributed by atoms with E-state index in [4.69, 9.17) is 4.42 Å². The van der Waals surface area contributed by atoms with Crippen LogP contribution < -0.4 is 4.90 Å². The van der Waals surface area contributed by atoms with Gasteiger partial charge in [0.15, 0.2) is 0 Å². The molecule has 2 heterocycles. The second-order valence-corrected chi connectivity index (χ2v) is 5.78. The number of rotatable bonds is 3. The van der Waals surface area contributed by atoms with Gasteiger partial charge >= 0.3 is 0 Å². The molecular weight excluding hydrogens is 266 g/mol. The zero-order chi connectivity index (χ0) is 14.9. The molecule has 2 atom stereocenters. The molecular formula is C16H21N3O2. The number of piperidine rings is 1. The third-order valence-electron chi connectivity index (χ3n) is 4.29. The van der Waals surface area contributed by atoms with Crippen LogP contribution in [0.2, 0.25) is 0 Å². The van der Waals surface area contributed by atoms with Gasteiger partial charge in [0.05, 0.1) is 12.2 Å². The second kappa shape index (κ2) is 5.50. The summed E-state index contributed by atoms with van der Waals surface area (Å²) in [7, 11) is 4.00. The van der Waals surface area contributed by atoms with Crippen LogP contribution in [-0.2, 0) is 5.60 Å². The van der Waals surface area contributed by atoms with E-state index in [1.807, 2.05) is 44.4 Å². The van der Waals surface area contributed by atoms with Crippen LogP contribution in [0.4, 0.5) is 6.01 Å². The van der Waals surface area contributed by atoms with Crippen LogP contribution in [0.1, 0.15) is 12.0 Å². The summed E-state index contributed by atoms with van der Waals surface area (Å²) in [4.78, 5) is 8.37. The first-order valence-electron chi connectivity index (χ1n) is 7.20. The fourth-order valence-electron chi connectivity index (χ4n) is 3.12. The van der Waals surface area contributed by atoms with Crippen molar-refractivity contribution in [2.75, 3.05) is 32.1 Å². The molecule has 2 aromatic rings. The van der Waals surface area contributed by atoms with E-state index >= 15 is 0 Å². The molecule has 1 saturated heterocycles. The predicted molar refractivity (Wildman–Crippen MR) is 81.1 cm³/mol. The van der Waals surface area contributed by atoms with Gasteiger partial charge in [-0.05, 0) is 26.1 Å². The van der Waals surface area contributed by atoms with Crippen LogP contribution in [0.15, 0.2) is 47.2 Å². The van der Waals surface area contributed by atoms with Crippen LogP contribution in [0.25, 0.3) is 0 Å². The summed E-state index contributed by atoms with van der Waals surface area (Å²) in [6, 6.07) is 10.5. The molecule has 1 aromatic carbocycles. The third kappa shape index (κ3) is 2.54. The Morgan fingerprint density at radius 3 is 2.71 bits per heavy atom. The third-order valence-corrected chi connectivity index (χ3v) is 4.29. The fraction of sp³-hybridized carbons (Fsp3) is 0.438. The lowest BCUT2D eigenvalue weighted by molar-refractivity contribution is -0.0533. The van der Waals surface area contributed by atoms with Crippen LogP contribution in [-0.4, -0.2) is 48.2 Å². The molecule has 21 heavy (non-hydrogen) atoms. The lowest BCUT2D eigenvalue weighted by Gasteiger charge is -2.47. The van der Waals surface area contributed by atoms with Gasteiger partial charge in [-0.2, -0.15) is 0 Å². The summed E-state index contributed by atoms with van der Waals surface area (Å²) in [5.74, 6) is 0. The van der Waals surface area contributed by atoms with Gasteiger partial charge in [0, 0.05) is 13.1 Å². The van der Waals surface area contributed by atoms with E-state index in [1.54, 1.807) is 12.5 Å². The highest BCUT2D eigenvalue weighted by Gasteiger charge is 2.44. The maximum atomic E-state index is 11.3. The van der Waals surface area contributed by atoms with Crippen molar-refractivity contribution in [3.63, 3.8) is 0 Å². The largest absolute Gasteiger partial charge is 0.432 e. The van der Waals surface area contributed by atoms with Crippen molar-refractivity contribution in [2.24, 2.45) is 0 Å². The van der Waals surface area contributed by atoms with Crippen LogP contribution >= 0.6 is 0 Å². The lowest BCUT2D eigenvalue weighted by atomic mass is 9.80. The maximum absolute atomic E-state index is 11.3. The molecule has 5 heteroatoms. The molecule has 0 bridgehead atoms. The number of likely N-dealkylation sites (N-methyl/N-ethyl adjacent to an activating group) is 1. The molecule has 1 aromatic heterocycles. The van der Waals surface area contributed by atoms with E-state index in [2.05, 4.69) is 14.8 Å². The molecule has 0 aliphatic carbocycles. The van der Waals surface area contributed by atoms with Gasteiger partial charge in [-0.25, -0.2) is 4.98 Å². The Bertz CT molecular complexity index is 570. The molecule has 1 aliphatic heterocycles. The Labute approximate surface area is 124 Å². The van der Waals surface area contributed by atoms with E-state index in [1.165, 1.54) is 0 Å². The van der Waals surface area contributed by atoms with Crippen LogP contribution in [0.5, 0.6) is 0 Å². The molecule has 0 saturated carbocycles. The predicted octanol–water partition coefficient (Wildman–Crippen LogP) is 1.70. The van der Waals surface area contributed by atoms with Gasteiger partial charge in [-0.15, -0.1) is 0 Å². The summed E-state index contributed by atoms with van der Waals surface area (Å²) < 4.78 is 5.39. The zero-order valence-corrected chi connectivity index (χ0v) is 12.4. The van der Waals surface area contributed by atoms with Gasteiger partial charge in [0.1, 0.15) is 11.9 Å². The Kier molecular flexibility index (Phi) is 3.69. The first-order valence-corrected chi connectivity index (χ1v) is 7.20. The highest BCUT2D eigenvalue weighted by molar-refractivity contribution is 5.33. The van der Waals surface area contributed by atoms with Crippen molar-refractivity contribution in [3.05, 3.63) is 48.4 Å². The minimum absolute atomic E-state index is 0.0273. The molecule has 0 spiro atoms. The highest BCUT2D eigenvalue weighted by Crippen LogP contribution is 2.36. The van der Waals surface area contributed by atoms with Crippen LogP contribution in [0.3, 0.4) is 0 Å². The first-order chi connectivity index (χ1) is 10.1. The molecule has 1 aliphatic rings. The Morgan fingerprint density at radius 1 is 1.33 bits per heavy atom. The van der Waals surface area contributed by atoms with Crippen molar-refractivity contribution in [1.82, 2.24) is 9.88 Å². The van der Waals surface area contributed by atoms with Gasteiger partial charge in [-0.1, -0.05) is 30.3 Å². The molecule has 5 nitrogen and oxygen atoms in total. The number of aromatic nitrogens is 1. The maximum Gasteiger partial charge on any atom is 0.297 e. The van der Waals surface area contributed by atoms with Crippen molar-refractivity contribution >= 4 is 6.01 Å². The van der Waals surface area contributed by atoms with Crippen molar-refractivity contribution in [2.45, 2.75) is 18.1 Å². The molecule has 0 radical (unpaired) electrons. The highest BCUT2D eigenvalue weighted by atomic mass is 16.4. The monoisotopic (exact) mass is 287 g/mol. The quantitative estimate of drug-likeness (QED) is 0.931. The first kappa shape index (κ1) is 14.1. The second-order valence-electron chi connectivity index (χ2n) is 5.78. The minimum atomic E-state index is -0.853. The summed E-state index contributed by atoms with van der Waals surface area (Å²) in [5, 5.41) is 11.3. The molecule has 0 unspecified atom stereocenters. The van der Waals surface area contributed by atoms with Crippen molar-refractivity contribution < 1.29 is 9.52 Å². The summed E-state index contributed by atoms with van der Waals surface area (Å²) in [5.41, 5.74) is 0.115. The number of hydrogen-bond donors (Lipinski definition) is 1. The lowest BCUT2D eigenvalue weighted by Crippen LogP contribution is -2.59. The van der Waals surface area contributed by atoms with Crippen LogP contribution in [0, 0.1) is 0 Å². The Balaban J connectivity index is 1.89. The van der Waals surface area contributed by atoms with Gasteiger partial charge in [-0.3, -0.25) is 0 Å². The van der Waals surface area contributed by atoms with E-state index in [-0.39, 0.29) is 6.04 Å². The molecule has 112 valence electrons. The smallest absolute Gasteiger partial charge is 0.297 e. The Hall–Kier alpha value is -1.85. The zero-order valence-electron chi connectivity index (χ0n) is 12.4. The SMILES string of the molecule is CN(C)[C@@H]1CN(c2ncco2)CC[C@]1(O)c1ccccc1. The number of oxazole rings is 1. The number of nitrogens with zero attached hydrogens (tertiary/aromatic N) is 3. The molecule has 1 N–H and O–H groups in total. The van der Waals surface area contributed by atoms with Gasteiger partial charge in [0.2, 0.25) is 0 Å². The van der Waals surface area contributed by atoms with Gasteiger partial charge < -0.3 is 19.3 Å². The molecule has 1 fully saturated rings. The fourth-order valence-corrected chi connectivity index (χ4v) is 3.12. The van der Waals surface area contributed by atoms with Crippen molar-refractivity contribution in [1.29, 1.82) is 0 Å². The normalized spacial score (nSPS) is 26.3. The molecule has 3 rings (SSSR count). The standard InChI is InChI=1S/C16H21N3O2/c1-18(2)14-12-19(15-17-9-11-21-15)10-8-16(14,20)13-6-4-3-5-7-13/h3-7,9,11,14,20H,8,10,12H2,1-2H3/t14-,16+/m1/s1. The minimum Gasteiger partial charge on any atom is -0.432 e.